The zero-order valence-corrected chi connectivity index (χ0v) is 14.0. The van der Waals surface area contributed by atoms with Crippen LogP contribution in [0.1, 0.15) is 21.7 Å². The fourth-order valence-corrected chi connectivity index (χ4v) is 2.48. The van der Waals surface area contributed by atoms with E-state index >= 15 is 0 Å². The molecule has 0 fully saturated rings. The van der Waals surface area contributed by atoms with Crippen molar-refractivity contribution >= 4 is 5.91 Å². The maximum absolute atomic E-state index is 12.3. The van der Waals surface area contributed by atoms with E-state index in [1.54, 1.807) is 22.9 Å². The predicted molar refractivity (Wildman–Crippen MR) is 92.5 cm³/mol. The van der Waals surface area contributed by atoms with Gasteiger partial charge in [0, 0.05) is 12.2 Å². The molecule has 3 aromatic rings. The van der Waals surface area contributed by atoms with Crippen LogP contribution in [0.4, 0.5) is 8.78 Å². The van der Waals surface area contributed by atoms with Gasteiger partial charge in [-0.1, -0.05) is 30.3 Å². The third-order valence-corrected chi connectivity index (χ3v) is 3.72. The second-order valence-electron chi connectivity index (χ2n) is 5.62. The molecule has 1 heterocycles. The zero-order chi connectivity index (χ0) is 18.5. The summed E-state index contributed by atoms with van der Waals surface area (Å²) < 4.78 is 30.3. The maximum Gasteiger partial charge on any atom is 0.387 e. The first-order chi connectivity index (χ1) is 12.5. The molecule has 0 aliphatic rings. The standard InChI is InChI=1S/C19H17F2N3O2/c1-13-11-17(23-24(13)15-5-3-2-4-6-15)18(25)22-12-14-7-9-16(10-8-14)26-19(20)21/h2-11,19H,12H2,1H3,(H,22,25). The Balaban J connectivity index is 1.64. The molecule has 26 heavy (non-hydrogen) atoms. The lowest BCUT2D eigenvalue weighted by Crippen LogP contribution is -2.23. The van der Waals surface area contributed by atoms with Crippen LogP contribution in [-0.2, 0) is 6.54 Å². The summed E-state index contributed by atoms with van der Waals surface area (Å²) in [6.07, 6.45) is 0. The van der Waals surface area contributed by atoms with Crippen molar-refractivity contribution in [3.8, 4) is 11.4 Å². The van der Waals surface area contributed by atoms with Crippen LogP contribution in [-0.4, -0.2) is 22.3 Å². The van der Waals surface area contributed by atoms with Gasteiger partial charge < -0.3 is 10.1 Å². The highest BCUT2D eigenvalue weighted by molar-refractivity contribution is 5.92. The third kappa shape index (κ3) is 4.24. The molecule has 2 aromatic carbocycles. The summed E-state index contributed by atoms with van der Waals surface area (Å²) in [4.78, 5) is 12.3. The van der Waals surface area contributed by atoms with Gasteiger partial charge in [0.15, 0.2) is 5.69 Å². The molecule has 0 bridgehead atoms. The highest BCUT2D eigenvalue weighted by Gasteiger charge is 2.13. The Morgan fingerprint density at radius 3 is 2.50 bits per heavy atom. The molecule has 0 unspecified atom stereocenters. The zero-order valence-electron chi connectivity index (χ0n) is 14.0. The first kappa shape index (κ1) is 17.6. The number of ether oxygens (including phenoxy) is 1. The molecule has 0 spiro atoms. The molecule has 7 heteroatoms. The van der Waals surface area contributed by atoms with Crippen molar-refractivity contribution in [2.24, 2.45) is 0 Å². The fourth-order valence-electron chi connectivity index (χ4n) is 2.48. The fraction of sp³-hybridized carbons (Fsp3) is 0.158. The Morgan fingerprint density at radius 1 is 1.15 bits per heavy atom. The van der Waals surface area contributed by atoms with E-state index in [1.165, 1.54) is 12.1 Å². The third-order valence-electron chi connectivity index (χ3n) is 3.72. The van der Waals surface area contributed by atoms with E-state index in [-0.39, 0.29) is 18.2 Å². The van der Waals surface area contributed by atoms with Crippen molar-refractivity contribution in [2.75, 3.05) is 0 Å². The second kappa shape index (κ2) is 7.77. The van der Waals surface area contributed by atoms with Gasteiger partial charge in [0.1, 0.15) is 5.75 Å². The van der Waals surface area contributed by atoms with E-state index in [1.807, 2.05) is 37.3 Å². The highest BCUT2D eigenvalue weighted by Crippen LogP contribution is 2.15. The quantitative estimate of drug-likeness (QED) is 0.732. The summed E-state index contributed by atoms with van der Waals surface area (Å²) in [6.45, 7) is -0.729. The van der Waals surface area contributed by atoms with Crippen LogP contribution in [0.5, 0.6) is 5.75 Å². The van der Waals surface area contributed by atoms with Crippen molar-refractivity contribution in [3.63, 3.8) is 0 Å². The lowest BCUT2D eigenvalue weighted by molar-refractivity contribution is -0.0498. The van der Waals surface area contributed by atoms with Crippen LogP contribution < -0.4 is 10.1 Å². The molecule has 1 aromatic heterocycles. The van der Waals surface area contributed by atoms with Crippen molar-refractivity contribution in [3.05, 3.63) is 77.6 Å². The summed E-state index contributed by atoms with van der Waals surface area (Å²) in [5, 5.41) is 7.10. The topological polar surface area (TPSA) is 56.1 Å². The molecule has 0 atom stereocenters. The average Bonchev–Trinajstić information content (AvgIpc) is 3.03. The number of benzene rings is 2. The van der Waals surface area contributed by atoms with Gasteiger partial charge in [-0.25, -0.2) is 4.68 Å². The van der Waals surface area contributed by atoms with Gasteiger partial charge in [-0.15, -0.1) is 0 Å². The van der Waals surface area contributed by atoms with Gasteiger partial charge in [-0.2, -0.15) is 13.9 Å². The summed E-state index contributed by atoms with van der Waals surface area (Å²) in [5.74, 6) is -0.233. The van der Waals surface area contributed by atoms with Crippen molar-refractivity contribution in [1.82, 2.24) is 15.1 Å². The van der Waals surface area contributed by atoms with Gasteiger partial charge in [-0.3, -0.25) is 4.79 Å². The molecule has 5 nitrogen and oxygen atoms in total. The SMILES string of the molecule is Cc1cc(C(=O)NCc2ccc(OC(F)F)cc2)nn1-c1ccccc1. The number of carbonyl (C=O) groups is 1. The van der Waals surface area contributed by atoms with Gasteiger partial charge in [0.2, 0.25) is 0 Å². The number of para-hydroxylation sites is 1. The molecular weight excluding hydrogens is 340 g/mol. The van der Waals surface area contributed by atoms with E-state index in [0.29, 0.717) is 5.69 Å². The number of rotatable bonds is 6. The Bertz CT molecular complexity index is 878. The van der Waals surface area contributed by atoms with E-state index in [9.17, 15) is 13.6 Å². The predicted octanol–water partition coefficient (Wildman–Crippen LogP) is 3.71. The van der Waals surface area contributed by atoms with Gasteiger partial charge in [0.05, 0.1) is 5.69 Å². The Morgan fingerprint density at radius 2 is 1.85 bits per heavy atom. The maximum atomic E-state index is 12.3. The number of hydrogen-bond acceptors (Lipinski definition) is 3. The number of alkyl halides is 2. The smallest absolute Gasteiger partial charge is 0.387 e. The lowest BCUT2D eigenvalue weighted by atomic mass is 10.2. The Hall–Kier alpha value is -3.22. The van der Waals surface area contributed by atoms with Crippen molar-refractivity contribution in [1.29, 1.82) is 0 Å². The largest absolute Gasteiger partial charge is 0.435 e. The number of halogens is 2. The molecule has 0 aliphatic carbocycles. The van der Waals surface area contributed by atoms with Crippen LogP contribution in [0.2, 0.25) is 0 Å². The number of nitrogens with zero attached hydrogens (tertiary/aromatic N) is 2. The monoisotopic (exact) mass is 357 g/mol. The van der Waals surface area contributed by atoms with Gasteiger partial charge >= 0.3 is 6.61 Å². The van der Waals surface area contributed by atoms with E-state index < -0.39 is 6.61 Å². The molecule has 0 aliphatic heterocycles. The molecular formula is C19H17F2N3O2. The van der Waals surface area contributed by atoms with Crippen LogP contribution in [0.25, 0.3) is 5.69 Å². The minimum atomic E-state index is -2.86. The minimum Gasteiger partial charge on any atom is -0.435 e. The van der Waals surface area contributed by atoms with Gasteiger partial charge in [0.25, 0.3) is 5.91 Å². The first-order valence-electron chi connectivity index (χ1n) is 7.97. The first-order valence-corrected chi connectivity index (χ1v) is 7.97. The van der Waals surface area contributed by atoms with E-state index in [0.717, 1.165) is 16.9 Å². The van der Waals surface area contributed by atoms with E-state index in [2.05, 4.69) is 15.2 Å². The molecule has 134 valence electrons. The highest BCUT2D eigenvalue weighted by atomic mass is 19.3. The Kier molecular flexibility index (Phi) is 5.26. The van der Waals surface area contributed by atoms with Crippen LogP contribution >= 0.6 is 0 Å². The van der Waals surface area contributed by atoms with Crippen LogP contribution in [0.15, 0.2) is 60.7 Å². The molecule has 0 radical (unpaired) electrons. The van der Waals surface area contributed by atoms with Crippen molar-refractivity contribution < 1.29 is 18.3 Å². The molecule has 0 saturated carbocycles. The van der Waals surface area contributed by atoms with Crippen LogP contribution in [0, 0.1) is 6.92 Å². The van der Waals surface area contributed by atoms with Crippen LogP contribution in [0.3, 0.4) is 0 Å². The average molecular weight is 357 g/mol. The molecule has 1 N–H and O–H groups in total. The Labute approximate surface area is 149 Å². The normalized spacial score (nSPS) is 10.8. The minimum absolute atomic E-state index is 0.0762. The lowest BCUT2D eigenvalue weighted by Gasteiger charge is -2.06. The van der Waals surface area contributed by atoms with E-state index in [4.69, 9.17) is 0 Å². The summed E-state index contributed by atoms with van der Waals surface area (Å²) in [5.41, 5.74) is 2.79. The summed E-state index contributed by atoms with van der Waals surface area (Å²) in [6, 6.07) is 17.3. The number of aryl methyl sites for hydroxylation is 1. The number of aromatic nitrogens is 2. The molecule has 1 amide bonds. The van der Waals surface area contributed by atoms with Gasteiger partial charge in [-0.05, 0) is 42.8 Å². The number of hydrogen-bond donors (Lipinski definition) is 1. The molecule has 3 rings (SSSR count). The molecule has 0 saturated heterocycles. The second-order valence-corrected chi connectivity index (χ2v) is 5.62. The number of amides is 1. The number of nitrogens with one attached hydrogen (secondary N) is 1. The van der Waals surface area contributed by atoms with Crippen molar-refractivity contribution in [2.45, 2.75) is 20.1 Å². The summed E-state index contributed by atoms with van der Waals surface area (Å²) in [7, 11) is 0. The summed E-state index contributed by atoms with van der Waals surface area (Å²) >= 11 is 0. The number of carbonyl (C=O) groups excluding carboxylic acids is 1.